The molecule has 0 radical (unpaired) electrons. The minimum atomic E-state index is 0.693. The van der Waals surface area contributed by atoms with Crippen LogP contribution in [0, 0.1) is 5.41 Å². The maximum atomic E-state index is 8.35. The number of isocyanates is 1. The van der Waals surface area contributed by atoms with Gasteiger partial charge < -0.3 is 0 Å². The van der Waals surface area contributed by atoms with Crippen molar-refractivity contribution in [1.82, 2.24) is 0 Å². The molecule has 0 saturated heterocycles. The molecular weight excluding hydrogens is 142 g/mol. The molecule has 0 rings (SSSR count). The molecule has 0 aliphatic heterocycles. The summed E-state index contributed by atoms with van der Waals surface area (Å²) in [5.41, 5.74) is 0. The molecule has 0 aromatic heterocycles. The first-order chi connectivity index (χ1) is 4.33. The summed E-state index contributed by atoms with van der Waals surface area (Å²) in [5, 5.41) is 5.40. The second-order valence-electron chi connectivity index (χ2n) is 0.743. The molecule has 0 bridgehead atoms. The highest BCUT2D eigenvalue weighted by Crippen LogP contribution is 1.98. The molecular formula is C4H9NO3S. The highest BCUT2D eigenvalue weighted by molar-refractivity contribution is 7.89. The van der Waals surface area contributed by atoms with Crippen LogP contribution in [-0.4, -0.2) is 19.8 Å². The Morgan fingerprint density at radius 1 is 1.78 bits per heavy atom. The SMILES string of the molecule is CCOSOC.N=C=O. The topological polar surface area (TPSA) is 59.4 Å². The van der Waals surface area contributed by atoms with Crippen molar-refractivity contribution >= 4 is 18.4 Å². The lowest BCUT2D eigenvalue weighted by atomic mass is 10.9. The van der Waals surface area contributed by atoms with E-state index < -0.39 is 0 Å². The highest BCUT2D eigenvalue weighted by Gasteiger charge is 1.74. The van der Waals surface area contributed by atoms with E-state index in [-0.39, 0.29) is 0 Å². The lowest BCUT2D eigenvalue weighted by molar-refractivity contribution is 0.339. The van der Waals surface area contributed by atoms with Crippen molar-refractivity contribution in [2.24, 2.45) is 0 Å². The minimum absolute atomic E-state index is 0.693. The minimum Gasteiger partial charge on any atom is -0.295 e. The van der Waals surface area contributed by atoms with E-state index in [4.69, 9.17) is 10.2 Å². The molecule has 1 N–H and O–H groups in total. The number of hydrogen-bond donors (Lipinski definition) is 1. The van der Waals surface area contributed by atoms with Crippen LogP contribution in [0.25, 0.3) is 0 Å². The fourth-order valence-corrected chi connectivity index (χ4v) is 0.289. The van der Waals surface area contributed by atoms with Crippen molar-refractivity contribution < 1.29 is 13.2 Å². The molecule has 0 heterocycles. The molecule has 0 unspecified atom stereocenters. The standard InChI is InChI=1S/C3H8O2S.CHNO/c1-3-5-6-4-2;2-1-3/h3H2,1-2H3;2H. The highest BCUT2D eigenvalue weighted by atomic mass is 32.2. The zero-order valence-corrected chi connectivity index (χ0v) is 6.16. The lowest BCUT2D eigenvalue weighted by Gasteiger charge is -1.89. The van der Waals surface area contributed by atoms with Gasteiger partial charge in [0.05, 0.1) is 13.7 Å². The molecule has 0 aliphatic carbocycles. The van der Waals surface area contributed by atoms with Crippen molar-refractivity contribution in [2.75, 3.05) is 13.7 Å². The zero-order valence-electron chi connectivity index (χ0n) is 5.34. The van der Waals surface area contributed by atoms with Gasteiger partial charge >= 0.3 is 0 Å². The largest absolute Gasteiger partial charge is 0.295 e. The summed E-state index contributed by atoms with van der Waals surface area (Å²) in [6.07, 6.45) is 0.750. The number of hydrogen-bond acceptors (Lipinski definition) is 5. The van der Waals surface area contributed by atoms with Gasteiger partial charge in [-0.05, 0) is 6.92 Å². The van der Waals surface area contributed by atoms with Gasteiger partial charge in [0.25, 0.3) is 0 Å². The van der Waals surface area contributed by atoms with Crippen molar-refractivity contribution in [3.05, 3.63) is 0 Å². The Hall–Kier alpha value is -0.350. The Labute approximate surface area is 58.5 Å². The third-order valence-corrected chi connectivity index (χ3v) is 0.702. The van der Waals surface area contributed by atoms with E-state index in [1.54, 1.807) is 7.11 Å². The van der Waals surface area contributed by atoms with Crippen molar-refractivity contribution in [3.8, 4) is 0 Å². The summed E-state index contributed by atoms with van der Waals surface area (Å²) in [6, 6.07) is 0. The summed E-state index contributed by atoms with van der Waals surface area (Å²) >= 11 is 1.01. The average Bonchev–Trinajstić information content (AvgIpc) is 1.86. The summed E-state index contributed by atoms with van der Waals surface area (Å²) in [4.78, 5) is 8.35. The van der Waals surface area contributed by atoms with Crippen LogP contribution >= 0.6 is 12.3 Å². The van der Waals surface area contributed by atoms with Gasteiger partial charge in [-0.1, -0.05) is 0 Å². The van der Waals surface area contributed by atoms with Gasteiger partial charge in [0.15, 0.2) is 12.3 Å². The summed E-state index contributed by atoms with van der Waals surface area (Å²) in [7, 11) is 1.57. The number of nitrogens with one attached hydrogen (secondary N) is 1. The van der Waals surface area contributed by atoms with Crippen LogP contribution in [0.3, 0.4) is 0 Å². The van der Waals surface area contributed by atoms with Crippen LogP contribution in [0.15, 0.2) is 0 Å². The summed E-state index contributed by atoms with van der Waals surface area (Å²) in [6.45, 7) is 2.60. The van der Waals surface area contributed by atoms with Gasteiger partial charge in [-0.2, -0.15) is 0 Å². The molecule has 0 atom stereocenters. The molecule has 0 aliphatic rings. The molecule has 0 saturated carbocycles. The zero-order chi connectivity index (χ0) is 7.54. The number of carbonyl (C=O) groups excluding carboxylic acids is 1. The van der Waals surface area contributed by atoms with Crippen LogP contribution in [0.5, 0.6) is 0 Å². The molecule has 0 fully saturated rings. The Balaban J connectivity index is 0. The third-order valence-electron chi connectivity index (χ3n) is 0.234. The van der Waals surface area contributed by atoms with Crippen LogP contribution in [0.4, 0.5) is 0 Å². The van der Waals surface area contributed by atoms with Crippen molar-refractivity contribution in [3.63, 3.8) is 0 Å². The van der Waals surface area contributed by atoms with Gasteiger partial charge in [-0.15, -0.1) is 0 Å². The Kier molecular flexibility index (Phi) is 19.9. The molecule has 0 spiro atoms. The van der Waals surface area contributed by atoms with Crippen molar-refractivity contribution in [2.45, 2.75) is 6.92 Å². The van der Waals surface area contributed by atoms with Gasteiger partial charge in [-0.3, -0.25) is 8.37 Å². The van der Waals surface area contributed by atoms with E-state index in [1.807, 2.05) is 6.92 Å². The smallest absolute Gasteiger partial charge is 0.231 e. The maximum absolute atomic E-state index is 8.35. The Bertz CT molecular complexity index is 68.2. The third kappa shape index (κ3) is 34.8. The Morgan fingerprint density at radius 2 is 2.22 bits per heavy atom. The summed E-state index contributed by atoms with van der Waals surface area (Å²) in [5.74, 6) is 0. The summed E-state index contributed by atoms with van der Waals surface area (Å²) < 4.78 is 9.15. The second-order valence-corrected chi connectivity index (χ2v) is 1.45. The lowest BCUT2D eigenvalue weighted by Crippen LogP contribution is -1.75. The normalized spacial score (nSPS) is 6.89. The van der Waals surface area contributed by atoms with Crippen LogP contribution in [0.2, 0.25) is 0 Å². The van der Waals surface area contributed by atoms with Crippen LogP contribution < -0.4 is 0 Å². The van der Waals surface area contributed by atoms with Gasteiger partial charge in [-0.25, -0.2) is 10.2 Å². The molecule has 54 valence electrons. The first kappa shape index (κ1) is 11.4. The van der Waals surface area contributed by atoms with Crippen LogP contribution in [0.1, 0.15) is 6.92 Å². The van der Waals surface area contributed by atoms with E-state index >= 15 is 0 Å². The first-order valence-electron chi connectivity index (χ1n) is 2.19. The van der Waals surface area contributed by atoms with E-state index in [0.717, 1.165) is 18.4 Å². The molecule has 0 amide bonds. The molecule has 4 nitrogen and oxygen atoms in total. The predicted octanol–water partition coefficient (Wildman–Crippen LogP) is 1.13. The molecule has 5 heteroatoms. The first-order valence-corrected chi connectivity index (χ1v) is 2.86. The quantitative estimate of drug-likeness (QED) is 0.284. The fraction of sp³-hybridized carbons (Fsp3) is 0.750. The van der Waals surface area contributed by atoms with Crippen LogP contribution in [-0.2, 0) is 13.2 Å². The van der Waals surface area contributed by atoms with E-state index in [9.17, 15) is 0 Å². The monoisotopic (exact) mass is 151 g/mol. The Morgan fingerprint density at radius 3 is 2.33 bits per heavy atom. The van der Waals surface area contributed by atoms with Crippen molar-refractivity contribution in [1.29, 1.82) is 5.41 Å². The molecule has 0 aromatic carbocycles. The molecule has 9 heavy (non-hydrogen) atoms. The average molecular weight is 151 g/mol. The van der Waals surface area contributed by atoms with Gasteiger partial charge in [0.2, 0.25) is 6.08 Å². The van der Waals surface area contributed by atoms with E-state index in [1.165, 1.54) is 0 Å². The second kappa shape index (κ2) is 15.6. The number of rotatable bonds is 3. The fourth-order valence-electron chi connectivity index (χ4n) is 0.0962. The predicted molar refractivity (Wildman–Crippen MR) is 34.6 cm³/mol. The van der Waals surface area contributed by atoms with E-state index in [0.29, 0.717) is 6.61 Å². The maximum Gasteiger partial charge on any atom is 0.231 e. The van der Waals surface area contributed by atoms with Gasteiger partial charge in [0, 0.05) is 0 Å². The van der Waals surface area contributed by atoms with Gasteiger partial charge in [0.1, 0.15) is 0 Å². The van der Waals surface area contributed by atoms with E-state index in [2.05, 4.69) is 8.37 Å². The molecule has 0 aromatic rings.